The second-order valence-corrected chi connectivity index (χ2v) is 8.97. The van der Waals surface area contributed by atoms with E-state index in [4.69, 9.17) is 0 Å². The molecule has 1 aliphatic rings. The maximum Gasteiger partial charge on any atom is 0.261 e. The lowest BCUT2D eigenvalue weighted by molar-refractivity contribution is 0.0949. The first-order valence-corrected chi connectivity index (χ1v) is 11.1. The molecule has 2 aromatic carbocycles. The van der Waals surface area contributed by atoms with Gasteiger partial charge in [-0.1, -0.05) is 18.2 Å². The summed E-state index contributed by atoms with van der Waals surface area (Å²) in [5.41, 5.74) is 0.942. The molecular weight excluding hydrogens is 374 g/mol. The molecule has 1 amide bonds. The standard InChI is InChI=1S/C21H27N3O3S/c1-24-15-12-17(13-16-24)11-14-22-21(25)18-7-9-19(10-8-18)23-28(26,27)20-5-3-2-4-6-20/h2-10,17,23H,11-16H2,1H3,(H,22,25). The molecule has 0 radical (unpaired) electrons. The van der Waals surface area contributed by atoms with Gasteiger partial charge in [-0.15, -0.1) is 0 Å². The van der Waals surface area contributed by atoms with Crippen LogP contribution in [0.2, 0.25) is 0 Å². The van der Waals surface area contributed by atoms with Gasteiger partial charge in [-0.25, -0.2) is 8.42 Å². The molecular formula is C21H27N3O3S. The number of likely N-dealkylation sites (tertiary alicyclic amines) is 1. The summed E-state index contributed by atoms with van der Waals surface area (Å²) in [7, 11) is -1.49. The van der Waals surface area contributed by atoms with Crippen molar-refractivity contribution in [2.45, 2.75) is 24.2 Å². The van der Waals surface area contributed by atoms with E-state index in [9.17, 15) is 13.2 Å². The van der Waals surface area contributed by atoms with Gasteiger partial charge in [0.15, 0.2) is 0 Å². The van der Waals surface area contributed by atoms with Crippen LogP contribution in [0, 0.1) is 5.92 Å². The van der Waals surface area contributed by atoms with Crippen LogP contribution in [-0.4, -0.2) is 45.9 Å². The average molecular weight is 402 g/mol. The summed E-state index contributed by atoms with van der Waals surface area (Å²) in [5.74, 6) is 0.539. The highest BCUT2D eigenvalue weighted by Gasteiger charge is 2.17. The van der Waals surface area contributed by atoms with E-state index in [1.54, 1.807) is 42.5 Å². The number of benzene rings is 2. The highest BCUT2D eigenvalue weighted by Crippen LogP contribution is 2.19. The summed E-state index contributed by atoms with van der Waals surface area (Å²) in [6.45, 7) is 2.91. The summed E-state index contributed by atoms with van der Waals surface area (Å²) in [6.07, 6.45) is 3.36. The number of piperidine rings is 1. The van der Waals surface area contributed by atoms with Crippen LogP contribution in [-0.2, 0) is 10.0 Å². The normalized spacial score (nSPS) is 15.9. The van der Waals surface area contributed by atoms with Gasteiger partial charge in [-0.05, 0) is 81.7 Å². The summed E-state index contributed by atoms with van der Waals surface area (Å²) in [5, 5.41) is 2.96. The molecule has 2 N–H and O–H groups in total. The van der Waals surface area contributed by atoms with Gasteiger partial charge in [-0.3, -0.25) is 9.52 Å². The number of sulfonamides is 1. The van der Waals surface area contributed by atoms with Gasteiger partial charge in [0, 0.05) is 17.8 Å². The largest absolute Gasteiger partial charge is 0.352 e. The van der Waals surface area contributed by atoms with Crippen LogP contribution in [0.3, 0.4) is 0 Å². The number of amides is 1. The summed E-state index contributed by atoms with van der Waals surface area (Å²) in [4.78, 5) is 14.8. The minimum Gasteiger partial charge on any atom is -0.352 e. The van der Waals surface area contributed by atoms with Crippen LogP contribution in [0.4, 0.5) is 5.69 Å². The molecule has 0 spiro atoms. The Morgan fingerprint density at radius 1 is 1.04 bits per heavy atom. The number of rotatable bonds is 7. The number of nitrogens with zero attached hydrogens (tertiary/aromatic N) is 1. The zero-order chi connectivity index (χ0) is 20.0. The van der Waals surface area contributed by atoms with Crippen molar-refractivity contribution in [3.63, 3.8) is 0 Å². The van der Waals surface area contributed by atoms with Crippen molar-refractivity contribution in [2.24, 2.45) is 5.92 Å². The van der Waals surface area contributed by atoms with Crippen LogP contribution in [0.1, 0.15) is 29.6 Å². The van der Waals surface area contributed by atoms with E-state index < -0.39 is 10.0 Å². The van der Waals surface area contributed by atoms with Crippen molar-refractivity contribution in [2.75, 3.05) is 31.4 Å². The molecule has 6 nitrogen and oxygen atoms in total. The quantitative estimate of drug-likeness (QED) is 0.748. The van der Waals surface area contributed by atoms with Crippen molar-refractivity contribution in [1.82, 2.24) is 10.2 Å². The monoisotopic (exact) mass is 401 g/mol. The first-order valence-electron chi connectivity index (χ1n) is 9.59. The summed E-state index contributed by atoms with van der Waals surface area (Å²) >= 11 is 0. The first kappa shape index (κ1) is 20.4. The minimum atomic E-state index is -3.63. The number of carbonyl (C=O) groups is 1. The predicted octanol–water partition coefficient (Wildman–Crippen LogP) is 2.95. The fraction of sp³-hybridized carbons (Fsp3) is 0.381. The molecule has 7 heteroatoms. The Morgan fingerprint density at radius 2 is 1.68 bits per heavy atom. The molecule has 2 aromatic rings. The van der Waals surface area contributed by atoms with Gasteiger partial charge in [0.2, 0.25) is 0 Å². The van der Waals surface area contributed by atoms with Gasteiger partial charge in [-0.2, -0.15) is 0 Å². The number of nitrogens with one attached hydrogen (secondary N) is 2. The molecule has 0 atom stereocenters. The third kappa shape index (κ3) is 5.56. The molecule has 0 aliphatic carbocycles. The third-order valence-corrected chi connectivity index (χ3v) is 6.53. The SMILES string of the molecule is CN1CCC(CCNC(=O)c2ccc(NS(=O)(=O)c3ccccc3)cc2)CC1. The Bertz CT molecular complexity index is 875. The van der Waals surface area contributed by atoms with Crippen molar-refractivity contribution in [3.05, 3.63) is 60.2 Å². The van der Waals surface area contributed by atoms with Crippen molar-refractivity contribution < 1.29 is 13.2 Å². The zero-order valence-electron chi connectivity index (χ0n) is 16.1. The van der Waals surface area contributed by atoms with Crippen LogP contribution in [0.15, 0.2) is 59.5 Å². The molecule has 1 fully saturated rings. The second-order valence-electron chi connectivity index (χ2n) is 7.29. The molecule has 3 rings (SSSR count). The van der Waals surface area contributed by atoms with Crippen LogP contribution < -0.4 is 10.0 Å². The maximum atomic E-state index is 12.3. The minimum absolute atomic E-state index is 0.134. The molecule has 28 heavy (non-hydrogen) atoms. The molecule has 150 valence electrons. The number of hydrogen-bond donors (Lipinski definition) is 2. The van der Waals surface area contributed by atoms with E-state index in [0.717, 1.165) is 19.5 Å². The predicted molar refractivity (Wildman–Crippen MR) is 111 cm³/mol. The lowest BCUT2D eigenvalue weighted by atomic mass is 9.94. The van der Waals surface area contributed by atoms with E-state index in [0.29, 0.717) is 23.7 Å². The lowest BCUT2D eigenvalue weighted by Gasteiger charge is -2.28. The van der Waals surface area contributed by atoms with Gasteiger partial charge in [0.1, 0.15) is 0 Å². The summed E-state index contributed by atoms with van der Waals surface area (Å²) < 4.78 is 27.2. The number of hydrogen-bond acceptors (Lipinski definition) is 4. The number of anilines is 1. The highest BCUT2D eigenvalue weighted by molar-refractivity contribution is 7.92. The zero-order valence-corrected chi connectivity index (χ0v) is 16.9. The third-order valence-electron chi connectivity index (χ3n) is 5.13. The molecule has 0 unspecified atom stereocenters. The Labute approximate surface area is 167 Å². The summed E-state index contributed by atoms with van der Waals surface area (Å²) in [6, 6.07) is 14.7. The Hall–Kier alpha value is -2.38. The van der Waals surface area contributed by atoms with Crippen molar-refractivity contribution >= 4 is 21.6 Å². The lowest BCUT2D eigenvalue weighted by Crippen LogP contribution is -2.32. The van der Waals surface area contributed by atoms with Gasteiger partial charge < -0.3 is 10.2 Å². The Morgan fingerprint density at radius 3 is 2.32 bits per heavy atom. The fourth-order valence-corrected chi connectivity index (χ4v) is 4.43. The highest BCUT2D eigenvalue weighted by atomic mass is 32.2. The molecule has 0 bridgehead atoms. The van der Waals surface area contributed by atoms with Crippen LogP contribution in [0.25, 0.3) is 0 Å². The van der Waals surface area contributed by atoms with Crippen LogP contribution >= 0.6 is 0 Å². The van der Waals surface area contributed by atoms with E-state index in [1.807, 2.05) is 0 Å². The molecule has 0 aromatic heterocycles. The average Bonchev–Trinajstić information content (AvgIpc) is 2.70. The van der Waals surface area contributed by atoms with Crippen molar-refractivity contribution in [1.29, 1.82) is 0 Å². The number of carbonyl (C=O) groups excluding carboxylic acids is 1. The smallest absolute Gasteiger partial charge is 0.261 e. The van der Waals surface area contributed by atoms with Gasteiger partial charge in [0.25, 0.3) is 15.9 Å². The van der Waals surface area contributed by atoms with E-state index in [1.165, 1.54) is 25.0 Å². The van der Waals surface area contributed by atoms with E-state index in [2.05, 4.69) is 22.0 Å². The van der Waals surface area contributed by atoms with Crippen LogP contribution in [0.5, 0.6) is 0 Å². The van der Waals surface area contributed by atoms with Gasteiger partial charge in [0.05, 0.1) is 4.90 Å². The maximum absolute atomic E-state index is 12.3. The van der Waals surface area contributed by atoms with Crippen molar-refractivity contribution in [3.8, 4) is 0 Å². The topological polar surface area (TPSA) is 78.5 Å². The molecule has 1 heterocycles. The second kappa shape index (κ2) is 9.21. The molecule has 0 saturated carbocycles. The Kier molecular flexibility index (Phi) is 6.70. The van der Waals surface area contributed by atoms with E-state index in [-0.39, 0.29) is 10.8 Å². The molecule has 1 saturated heterocycles. The first-order chi connectivity index (χ1) is 13.4. The fourth-order valence-electron chi connectivity index (χ4n) is 3.35. The van der Waals surface area contributed by atoms with E-state index >= 15 is 0 Å². The Balaban J connectivity index is 1.50. The molecule has 1 aliphatic heterocycles. The van der Waals surface area contributed by atoms with Gasteiger partial charge >= 0.3 is 0 Å².